The van der Waals surface area contributed by atoms with Crippen molar-refractivity contribution in [2.45, 2.75) is 285 Å². The van der Waals surface area contributed by atoms with Gasteiger partial charge in [-0.05, 0) is 96.1 Å². The van der Waals surface area contributed by atoms with E-state index in [1.807, 2.05) is 30.4 Å². The molecule has 2 saturated carbocycles. The molecule has 2 aliphatic carbocycles. The summed E-state index contributed by atoms with van der Waals surface area (Å²) in [5.74, 6) is 0.799. The number of unbranched alkanes of at least 4 members (excludes halogenated alkanes) is 14. The van der Waals surface area contributed by atoms with E-state index in [9.17, 15) is 18.0 Å². The average Bonchev–Trinajstić information content (AvgIpc) is 3.75. The summed E-state index contributed by atoms with van der Waals surface area (Å²) in [4.78, 5) is 26.4. The largest absolute Gasteiger partial charge is 0.461 e. The molecule has 3 fully saturated rings. The molecule has 1 saturated heterocycles. The van der Waals surface area contributed by atoms with Crippen LogP contribution in [0.4, 0.5) is 0 Å². The maximum Gasteiger partial charge on any atom is 0.306 e. The molecule has 68 heavy (non-hydrogen) atoms. The van der Waals surface area contributed by atoms with Crippen LogP contribution < -0.4 is 0 Å². The third-order valence-electron chi connectivity index (χ3n) is 14.3. The Morgan fingerprint density at radius 3 is 1.56 bits per heavy atom. The van der Waals surface area contributed by atoms with Crippen molar-refractivity contribution in [3.63, 3.8) is 0 Å². The fraction of sp³-hybridized carbons (Fsp3) is 0.857. The molecule has 0 spiro atoms. The lowest BCUT2D eigenvalue weighted by molar-refractivity contribution is -0.180. The molecular weight excluding hydrogens is 913 g/mol. The van der Waals surface area contributed by atoms with Crippen molar-refractivity contribution in [3.8, 4) is 0 Å². The first-order chi connectivity index (χ1) is 33.1. The maximum atomic E-state index is 13.1. The number of aryl methyl sites for hydroxylation is 1. The third kappa shape index (κ3) is 25.9. The van der Waals surface area contributed by atoms with E-state index in [0.717, 1.165) is 81.3 Å². The van der Waals surface area contributed by atoms with Crippen LogP contribution in [0.15, 0.2) is 29.2 Å². The summed E-state index contributed by atoms with van der Waals surface area (Å²) in [6, 6.07) is 6.71. The summed E-state index contributed by atoms with van der Waals surface area (Å²) in [6.07, 6.45) is 36.8. The van der Waals surface area contributed by atoms with Gasteiger partial charge in [-0.15, -0.1) is 0 Å². The minimum absolute atomic E-state index is 0.00937. The second-order valence-electron chi connectivity index (χ2n) is 20.5. The van der Waals surface area contributed by atoms with E-state index in [1.165, 1.54) is 128 Å². The van der Waals surface area contributed by atoms with Crippen molar-refractivity contribution in [1.82, 2.24) is 0 Å². The first kappa shape index (κ1) is 59.3. The van der Waals surface area contributed by atoms with Gasteiger partial charge in [-0.1, -0.05) is 147 Å². The van der Waals surface area contributed by atoms with Crippen LogP contribution in [-0.4, -0.2) is 79.7 Å². The van der Waals surface area contributed by atoms with E-state index in [-0.39, 0.29) is 41.8 Å². The van der Waals surface area contributed by atoms with Gasteiger partial charge >= 0.3 is 11.9 Å². The van der Waals surface area contributed by atoms with Gasteiger partial charge < -0.3 is 18.9 Å². The molecule has 1 aromatic rings. The fourth-order valence-electron chi connectivity index (χ4n) is 9.99. The van der Waals surface area contributed by atoms with Crippen molar-refractivity contribution in [1.29, 1.82) is 0 Å². The van der Waals surface area contributed by atoms with Gasteiger partial charge in [-0.3, -0.25) is 13.8 Å². The maximum absolute atomic E-state index is 13.1. The highest BCUT2D eigenvalue weighted by Gasteiger charge is 2.41. The summed E-state index contributed by atoms with van der Waals surface area (Å²) in [5.41, 5.74) is 0.985. The highest BCUT2D eigenvalue weighted by molar-refractivity contribution is 8.00. The van der Waals surface area contributed by atoms with Crippen LogP contribution in [0.3, 0.4) is 0 Å². The monoisotopic (exact) mass is 1010 g/mol. The first-order valence-electron chi connectivity index (χ1n) is 28.0. The Hall–Kier alpha value is -1.31. The molecule has 3 aliphatic rings. The lowest BCUT2D eigenvalue weighted by atomic mass is 9.99. The average molecular weight is 1010 g/mol. The number of hydrogen-bond acceptors (Lipinski definition) is 11. The van der Waals surface area contributed by atoms with Crippen LogP contribution in [0, 0.1) is 6.92 Å². The number of esters is 2. The molecule has 0 aromatic heterocycles. The summed E-state index contributed by atoms with van der Waals surface area (Å²) < 4.78 is 57.2. The van der Waals surface area contributed by atoms with Crippen molar-refractivity contribution in [3.05, 3.63) is 29.8 Å². The molecule has 4 rings (SSSR count). The summed E-state index contributed by atoms with van der Waals surface area (Å²) in [5, 5.41) is 1.31. The highest BCUT2D eigenvalue weighted by Crippen LogP contribution is 2.37. The fourth-order valence-corrected chi connectivity index (χ4v) is 13.7. The zero-order chi connectivity index (χ0) is 48.6. The number of carbonyl (C=O) groups is 2. The van der Waals surface area contributed by atoms with Crippen molar-refractivity contribution < 1.29 is 41.1 Å². The van der Waals surface area contributed by atoms with E-state index in [0.29, 0.717) is 49.2 Å². The van der Waals surface area contributed by atoms with E-state index in [4.69, 9.17) is 23.1 Å². The number of carbonyl (C=O) groups excluding carboxylic acids is 2. The van der Waals surface area contributed by atoms with Crippen LogP contribution in [-0.2, 0) is 42.8 Å². The van der Waals surface area contributed by atoms with Crippen LogP contribution in [0.25, 0.3) is 0 Å². The van der Waals surface area contributed by atoms with Crippen LogP contribution in [0.1, 0.15) is 244 Å². The highest BCUT2D eigenvalue weighted by atomic mass is 32.2. The lowest BCUT2D eigenvalue weighted by Crippen LogP contribution is -2.32. The second-order valence-corrected chi connectivity index (χ2v) is 24.8. The number of thioether (sulfide) groups is 2. The molecule has 1 aromatic carbocycles. The number of hydrogen-bond donors (Lipinski definition) is 0. The van der Waals surface area contributed by atoms with Crippen LogP contribution >= 0.6 is 23.5 Å². The Balaban J connectivity index is 1.33. The SMILES string of the molecule is CCCCCCCCCC(=O)OC(CCCCC1(CCCCC(CSC2CCCCC2)OC(=O)CCCCCCCCC)OCC(CCOS(=O)(=O)c2ccc(C)cc2)O1)CSC1CCCCC1. The predicted octanol–water partition coefficient (Wildman–Crippen LogP) is 15.6. The normalized spacial score (nSPS) is 20.4. The Kier molecular flexibility index (Phi) is 31.2. The predicted molar refractivity (Wildman–Crippen MR) is 283 cm³/mol. The molecule has 0 amide bonds. The Morgan fingerprint density at radius 1 is 0.632 bits per heavy atom. The minimum atomic E-state index is -3.89. The second kappa shape index (κ2) is 35.7. The third-order valence-corrected chi connectivity index (χ3v) is 18.6. The van der Waals surface area contributed by atoms with Gasteiger partial charge in [-0.25, -0.2) is 0 Å². The molecule has 9 nitrogen and oxygen atoms in total. The van der Waals surface area contributed by atoms with Crippen molar-refractivity contribution in [2.75, 3.05) is 24.7 Å². The Labute approximate surface area is 424 Å². The number of rotatable bonds is 39. The Morgan fingerprint density at radius 2 is 1.09 bits per heavy atom. The standard InChI is InChI=1S/C56H96O9S3/c1-4-6-8-10-12-14-22-34-54(57)63-49(45-66-51-30-18-16-19-31-51)28-24-26-41-56(61-44-48(65-56)40-43-62-68(59,60)53-38-36-47(3)37-39-53)42-27-25-29-50(46-67-52-32-20-17-21-33-52)64-55(58)35-23-15-13-11-9-7-5-2/h36-39,48-52H,4-35,40-46H2,1-3H3. The van der Waals surface area contributed by atoms with Crippen molar-refractivity contribution >= 4 is 45.6 Å². The van der Waals surface area contributed by atoms with Crippen LogP contribution in [0.2, 0.25) is 0 Å². The first-order valence-corrected chi connectivity index (χ1v) is 31.5. The van der Waals surface area contributed by atoms with Gasteiger partial charge in [0, 0.05) is 54.1 Å². The molecule has 3 atom stereocenters. The van der Waals surface area contributed by atoms with Gasteiger partial charge in [0.05, 0.1) is 24.2 Å². The quantitative estimate of drug-likeness (QED) is 0.0357. The van der Waals surface area contributed by atoms with Gasteiger partial charge in [0.1, 0.15) is 12.2 Å². The molecule has 0 bridgehead atoms. The smallest absolute Gasteiger partial charge is 0.306 e. The van der Waals surface area contributed by atoms with E-state index < -0.39 is 15.9 Å². The summed E-state index contributed by atoms with van der Waals surface area (Å²) in [6.45, 7) is 6.79. The number of benzene rings is 1. The zero-order valence-electron chi connectivity index (χ0n) is 43.2. The van der Waals surface area contributed by atoms with Gasteiger partial charge in [0.2, 0.25) is 0 Å². The molecule has 0 radical (unpaired) electrons. The molecule has 12 heteroatoms. The van der Waals surface area contributed by atoms with Crippen molar-refractivity contribution in [2.24, 2.45) is 0 Å². The van der Waals surface area contributed by atoms with Gasteiger partial charge in [-0.2, -0.15) is 31.9 Å². The Bertz CT molecular complexity index is 1490. The van der Waals surface area contributed by atoms with Gasteiger partial charge in [0.25, 0.3) is 10.1 Å². The minimum Gasteiger partial charge on any atom is -0.461 e. The topological polar surface area (TPSA) is 114 Å². The molecule has 1 heterocycles. The van der Waals surface area contributed by atoms with Crippen LogP contribution in [0.5, 0.6) is 0 Å². The van der Waals surface area contributed by atoms with E-state index in [2.05, 4.69) is 13.8 Å². The number of ether oxygens (including phenoxy) is 4. The van der Waals surface area contributed by atoms with E-state index >= 15 is 0 Å². The summed E-state index contributed by atoms with van der Waals surface area (Å²) in [7, 11) is -3.89. The molecule has 1 aliphatic heterocycles. The molecular formula is C56H96O9S3. The zero-order valence-corrected chi connectivity index (χ0v) is 45.6. The molecule has 392 valence electrons. The lowest BCUT2D eigenvalue weighted by Gasteiger charge is -2.29. The summed E-state index contributed by atoms with van der Waals surface area (Å²) >= 11 is 4.01. The van der Waals surface area contributed by atoms with E-state index in [1.54, 1.807) is 24.3 Å². The van der Waals surface area contributed by atoms with Gasteiger partial charge in [0.15, 0.2) is 5.79 Å². The molecule has 0 N–H and O–H groups in total. The molecule has 3 unspecified atom stereocenters.